The van der Waals surface area contributed by atoms with E-state index in [4.69, 9.17) is 13.9 Å². The molecule has 1 amide bonds. The lowest BCUT2D eigenvalue weighted by atomic mass is 10.0. The van der Waals surface area contributed by atoms with Crippen LogP contribution in [0.25, 0.3) is 0 Å². The van der Waals surface area contributed by atoms with Crippen LogP contribution in [0.4, 0.5) is 0 Å². The first-order valence-corrected chi connectivity index (χ1v) is 8.72. The Morgan fingerprint density at radius 2 is 2.32 bits per heavy atom. The molecule has 2 fully saturated rings. The molecule has 0 radical (unpaired) electrons. The molecule has 0 unspecified atom stereocenters. The van der Waals surface area contributed by atoms with E-state index in [1.54, 1.807) is 18.5 Å². The molecule has 2 aromatic rings. The zero-order valence-corrected chi connectivity index (χ0v) is 14.3. The highest BCUT2D eigenvalue weighted by atomic mass is 16.5. The van der Waals surface area contributed by atoms with Crippen molar-refractivity contribution >= 4 is 5.91 Å². The lowest BCUT2D eigenvalue weighted by molar-refractivity contribution is -0.0814. The molecule has 4 heterocycles. The van der Waals surface area contributed by atoms with Gasteiger partial charge in [0, 0.05) is 12.8 Å². The minimum Gasteiger partial charge on any atom is -0.469 e. The van der Waals surface area contributed by atoms with Gasteiger partial charge in [-0.05, 0) is 38.0 Å². The molecule has 2 aromatic heterocycles. The van der Waals surface area contributed by atoms with Crippen molar-refractivity contribution < 1.29 is 18.7 Å². The number of ether oxygens (including phenoxy) is 2. The standard InChI is InChI=1S/C19H22N2O4/c1-13-15(7-10-23-13)19(22)21-11-17(18-16(21)6-4-9-24-18)25-12-14-5-2-3-8-20-14/h2-3,5,7-8,10,16-18H,4,6,9,11-12H2,1H3/t16-,17+,18+/m0/s1. The highest BCUT2D eigenvalue weighted by molar-refractivity contribution is 5.95. The van der Waals surface area contributed by atoms with Crippen molar-refractivity contribution in [2.75, 3.05) is 13.2 Å². The number of nitrogens with zero attached hydrogens (tertiary/aromatic N) is 2. The van der Waals surface area contributed by atoms with Gasteiger partial charge in [-0.2, -0.15) is 0 Å². The fraction of sp³-hybridized carbons (Fsp3) is 0.474. The summed E-state index contributed by atoms with van der Waals surface area (Å²) in [6.07, 6.45) is 5.00. The smallest absolute Gasteiger partial charge is 0.257 e. The highest BCUT2D eigenvalue weighted by Gasteiger charge is 2.47. The number of pyridine rings is 1. The topological polar surface area (TPSA) is 64.8 Å². The van der Waals surface area contributed by atoms with Crippen LogP contribution in [0.3, 0.4) is 0 Å². The van der Waals surface area contributed by atoms with Crippen LogP contribution >= 0.6 is 0 Å². The van der Waals surface area contributed by atoms with Gasteiger partial charge >= 0.3 is 0 Å². The van der Waals surface area contributed by atoms with Crippen molar-refractivity contribution in [3.05, 3.63) is 53.7 Å². The molecule has 0 aliphatic carbocycles. The Kier molecular flexibility index (Phi) is 4.55. The molecule has 0 N–H and O–H groups in total. The minimum atomic E-state index is -0.136. The molecule has 0 spiro atoms. The number of carbonyl (C=O) groups excluding carboxylic acids is 1. The van der Waals surface area contributed by atoms with E-state index in [1.165, 1.54) is 0 Å². The first-order valence-electron chi connectivity index (χ1n) is 8.72. The quantitative estimate of drug-likeness (QED) is 0.854. The predicted octanol–water partition coefficient (Wildman–Crippen LogP) is 2.57. The van der Waals surface area contributed by atoms with E-state index in [0.29, 0.717) is 24.5 Å². The van der Waals surface area contributed by atoms with Crippen LogP contribution in [-0.4, -0.2) is 47.2 Å². The third-order valence-corrected chi connectivity index (χ3v) is 5.00. The van der Waals surface area contributed by atoms with Crippen LogP contribution in [0.15, 0.2) is 41.1 Å². The number of fused-ring (bicyclic) bond motifs is 1. The van der Waals surface area contributed by atoms with E-state index in [0.717, 1.165) is 25.1 Å². The summed E-state index contributed by atoms with van der Waals surface area (Å²) in [5.41, 5.74) is 1.50. The van der Waals surface area contributed by atoms with Gasteiger partial charge in [-0.25, -0.2) is 0 Å². The lowest BCUT2D eigenvalue weighted by Crippen LogP contribution is -2.43. The maximum Gasteiger partial charge on any atom is 0.257 e. The summed E-state index contributed by atoms with van der Waals surface area (Å²) in [6, 6.07) is 7.55. The first kappa shape index (κ1) is 16.3. The Hall–Kier alpha value is -2.18. The fourth-order valence-electron chi connectivity index (χ4n) is 3.73. The number of likely N-dealkylation sites (tertiary alicyclic amines) is 1. The van der Waals surface area contributed by atoms with Crippen LogP contribution in [-0.2, 0) is 16.1 Å². The summed E-state index contributed by atoms with van der Waals surface area (Å²) in [5, 5.41) is 0. The Bertz CT molecular complexity index is 730. The number of hydrogen-bond donors (Lipinski definition) is 0. The Labute approximate surface area is 146 Å². The molecule has 0 bridgehead atoms. The number of aryl methyl sites for hydroxylation is 1. The van der Waals surface area contributed by atoms with Crippen molar-refractivity contribution in [2.24, 2.45) is 0 Å². The monoisotopic (exact) mass is 342 g/mol. The molecule has 4 rings (SSSR count). The van der Waals surface area contributed by atoms with Gasteiger partial charge in [0.25, 0.3) is 5.91 Å². The van der Waals surface area contributed by atoms with Crippen molar-refractivity contribution in [1.29, 1.82) is 0 Å². The minimum absolute atomic E-state index is 0.00399. The van der Waals surface area contributed by atoms with E-state index in [2.05, 4.69) is 4.98 Å². The van der Waals surface area contributed by atoms with Gasteiger partial charge in [0.2, 0.25) is 0 Å². The summed E-state index contributed by atoms with van der Waals surface area (Å²) in [6.45, 7) is 3.49. The second-order valence-corrected chi connectivity index (χ2v) is 6.56. The van der Waals surface area contributed by atoms with Gasteiger partial charge in [0.1, 0.15) is 18.0 Å². The SMILES string of the molecule is Cc1occc1C(=O)N1C[C@@H](OCc2ccccn2)[C@@H]2OCCC[C@@H]21. The fourth-order valence-corrected chi connectivity index (χ4v) is 3.73. The second-order valence-electron chi connectivity index (χ2n) is 6.56. The van der Waals surface area contributed by atoms with Crippen LogP contribution in [0, 0.1) is 6.92 Å². The van der Waals surface area contributed by atoms with E-state index in [-0.39, 0.29) is 24.2 Å². The number of furan rings is 1. The summed E-state index contributed by atoms with van der Waals surface area (Å²) in [7, 11) is 0. The van der Waals surface area contributed by atoms with Crippen LogP contribution in [0.1, 0.15) is 34.7 Å². The van der Waals surface area contributed by atoms with E-state index >= 15 is 0 Å². The van der Waals surface area contributed by atoms with Gasteiger partial charge in [-0.15, -0.1) is 0 Å². The normalized spacial score (nSPS) is 25.8. The maximum atomic E-state index is 12.9. The third kappa shape index (κ3) is 3.19. The van der Waals surface area contributed by atoms with E-state index in [1.807, 2.05) is 30.0 Å². The van der Waals surface area contributed by atoms with Gasteiger partial charge in [0.05, 0.1) is 36.7 Å². The van der Waals surface area contributed by atoms with E-state index in [9.17, 15) is 4.79 Å². The summed E-state index contributed by atoms with van der Waals surface area (Å²) < 4.78 is 17.3. The van der Waals surface area contributed by atoms with Crippen molar-refractivity contribution in [1.82, 2.24) is 9.88 Å². The van der Waals surface area contributed by atoms with Crippen molar-refractivity contribution in [3.63, 3.8) is 0 Å². The van der Waals surface area contributed by atoms with Crippen molar-refractivity contribution in [3.8, 4) is 0 Å². The van der Waals surface area contributed by atoms with Crippen LogP contribution < -0.4 is 0 Å². The molecule has 3 atom stereocenters. The molecule has 2 saturated heterocycles. The molecular weight excluding hydrogens is 320 g/mol. The Balaban J connectivity index is 1.49. The lowest BCUT2D eigenvalue weighted by Gasteiger charge is -2.32. The summed E-state index contributed by atoms with van der Waals surface area (Å²) >= 11 is 0. The highest BCUT2D eigenvalue weighted by Crippen LogP contribution is 2.32. The Morgan fingerprint density at radius 1 is 1.40 bits per heavy atom. The van der Waals surface area contributed by atoms with Gasteiger partial charge in [-0.1, -0.05) is 6.07 Å². The largest absolute Gasteiger partial charge is 0.469 e. The summed E-state index contributed by atoms with van der Waals surface area (Å²) in [5.74, 6) is 0.645. The number of amides is 1. The van der Waals surface area contributed by atoms with Crippen LogP contribution in [0.5, 0.6) is 0 Å². The zero-order chi connectivity index (χ0) is 17.2. The molecule has 132 valence electrons. The molecule has 2 aliphatic rings. The second kappa shape index (κ2) is 6.98. The molecule has 0 saturated carbocycles. The van der Waals surface area contributed by atoms with Gasteiger partial charge in [0.15, 0.2) is 0 Å². The number of rotatable bonds is 4. The average molecular weight is 342 g/mol. The van der Waals surface area contributed by atoms with Gasteiger partial charge in [-0.3, -0.25) is 9.78 Å². The Morgan fingerprint density at radius 3 is 3.08 bits per heavy atom. The predicted molar refractivity (Wildman–Crippen MR) is 90.1 cm³/mol. The maximum absolute atomic E-state index is 12.9. The molecule has 2 aliphatic heterocycles. The molecular formula is C19H22N2O4. The molecule has 6 nitrogen and oxygen atoms in total. The van der Waals surface area contributed by atoms with Crippen LogP contribution in [0.2, 0.25) is 0 Å². The van der Waals surface area contributed by atoms with Crippen molar-refractivity contribution in [2.45, 2.75) is 44.6 Å². The third-order valence-electron chi connectivity index (χ3n) is 5.00. The average Bonchev–Trinajstić information content (AvgIpc) is 3.24. The molecule has 25 heavy (non-hydrogen) atoms. The number of aromatic nitrogens is 1. The number of carbonyl (C=O) groups is 1. The molecule has 0 aromatic carbocycles. The summed E-state index contributed by atoms with van der Waals surface area (Å²) in [4.78, 5) is 19.1. The number of hydrogen-bond acceptors (Lipinski definition) is 5. The zero-order valence-electron chi connectivity index (χ0n) is 14.3. The van der Waals surface area contributed by atoms with Gasteiger partial charge < -0.3 is 18.8 Å². The molecule has 6 heteroatoms. The first-order chi connectivity index (χ1) is 12.2. The van der Waals surface area contributed by atoms with E-state index < -0.39 is 0 Å².